The number of aliphatic carboxylic acids is 1. The van der Waals surface area contributed by atoms with Crippen LogP contribution in [0.4, 0.5) is 0 Å². The first-order chi connectivity index (χ1) is 11.0. The maximum atomic E-state index is 12.1. The van der Waals surface area contributed by atoms with Gasteiger partial charge in [-0.25, -0.2) is 0 Å². The molecule has 0 bridgehead atoms. The monoisotopic (exact) mass is 317 g/mol. The fourth-order valence-corrected chi connectivity index (χ4v) is 3.87. The van der Waals surface area contributed by atoms with E-state index in [0.29, 0.717) is 19.3 Å². The Balaban J connectivity index is 1.36. The molecule has 124 valence electrons. The summed E-state index contributed by atoms with van der Waals surface area (Å²) in [6.07, 6.45) is 12.0. The second-order valence-electron chi connectivity index (χ2n) is 7.19. The van der Waals surface area contributed by atoms with E-state index >= 15 is 0 Å². The van der Waals surface area contributed by atoms with Crippen LogP contribution < -0.4 is 5.32 Å². The Kier molecular flexibility index (Phi) is 4.13. The van der Waals surface area contributed by atoms with Crippen molar-refractivity contribution in [2.24, 2.45) is 21.6 Å². The van der Waals surface area contributed by atoms with Gasteiger partial charge in [0, 0.05) is 31.7 Å². The molecule has 1 heterocycles. The second kappa shape index (κ2) is 5.95. The maximum absolute atomic E-state index is 12.1. The first-order valence-electron chi connectivity index (χ1n) is 8.38. The fraction of sp³-hybridized carbons (Fsp3) is 0.765. The maximum Gasteiger partial charge on any atom is 0.307 e. The summed E-state index contributed by atoms with van der Waals surface area (Å²) in [4.78, 5) is 23.1. The SMILES string of the molecule is C#CCCC1(CCC(=O)NC2CCC3(CC2)CC3C(=O)O)N=N1. The van der Waals surface area contributed by atoms with Gasteiger partial charge in [0.1, 0.15) is 0 Å². The van der Waals surface area contributed by atoms with Gasteiger partial charge in [0.2, 0.25) is 5.91 Å². The molecule has 0 aromatic carbocycles. The predicted octanol–water partition coefficient (Wildman–Crippen LogP) is 2.49. The number of carbonyl (C=O) groups excluding carboxylic acids is 1. The summed E-state index contributed by atoms with van der Waals surface area (Å²) in [5, 5.41) is 20.2. The summed E-state index contributed by atoms with van der Waals surface area (Å²) in [5.41, 5.74) is -0.374. The van der Waals surface area contributed by atoms with Crippen molar-refractivity contribution in [1.82, 2.24) is 5.32 Å². The number of carbonyl (C=O) groups is 2. The van der Waals surface area contributed by atoms with Crippen molar-refractivity contribution in [3.8, 4) is 12.3 Å². The van der Waals surface area contributed by atoms with E-state index < -0.39 is 11.6 Å². The number of hydrogen-bond donors (Lipinski definition) is 2. The van der Waals surface area contributed by atoms with Crippen LogP contribution in [-0.2, 0) is 9.59 Å². The minimum absolute atomic E-state index is 0.0259. The van der Waals surface area contributed by atoms with Crippen LogP contribution in [0.25, 0.3) is 0 Å². The zero-order valence-electron chi connectivity index (χ0n) is 13.3. The van der Waals surface area contributed by atoms with Crippen molar-refractivity contribution < 1.29 is 14.7 Å². The van der Waals surface area contributed by atoms with Gasteiger partial charge in [0.05, 0.1) is 5.92 Å². The van der Waals surface area contributed by atoms with E-state index in [1.165, 1.54) is 0 Å². The van der Waals surface area contributed by atoms with E-state index in [1.807, 2.05) is 0 Å². The molecular formula is C17H23N3O3. The molecule has 1 spiro atoms. The van der Waals surface area contributed by atoms with E-state index in [4.69, 9.17) is 11.5 Å². The molecule has 2 saturated carbocycles. The highest BCUT2D eigenvalue weighted by Crippen LogP contribution is 2.61. The number of amides is 1. The topological polar surface area (TPSA) is 91.1 Å². The van der Waals surface area contributed by atoms with Crippen LogP contribution >= 0.6 is 0 Å². The molecule has 2 fully saturated rings. The summed E-state index contributed by atoms with van der Waals surface area (Å²) in [5.74, 6) is 1.79. The van der Waals surface area contributed by atoms with Crippen molar-refractivity contribution in [1.29, 1.82) is 0 Å². The van der Waals surface area contributed by atoms with Crippen LogP contribution in [0, 0.1) is 23.7 Å². The van der Waals surface area contributed by atoms with Crippen LogP contribution in [0.2, 0.25) is 0 Å². The summed E-state index contributed by atoms with van der Waals surface area (Å²) in [6.45, 7) is 0. The zero-order valence-corrected chi connectivity index (χ0v) is 13.3. The van der Waals surface area contributed by atoms with Gasteiger partial charge in [0.15, 0.2) is 5.66 Å². The highest BCUT2D eigenvalue weighted by molar-refractivity contribution is 5.76. The number of carboxylic acid groups (broad SMARTS) is 1. The Morgan fingerprint density at radius 2 is 1.96 bits per heavy atom. The Morgan fingerprint density at radius 1 is 1.26 bits per heavy atom. The number of rotatable bonds is 7. The molecule has 3 rings (SSSR count). The first kappa shape index (κ1) is 16.0. The molecule has 23 heavy (non-hydrogen) atoms. The van der Waals surface area contributed by atoms with E-state index in [0.717, 1.165) is 38.5 Å². The molecule has 0 aromatic heterocycles. The van der Waals surface area contributed by atoms with E-state index in [-0.39, 0.29) is 23.3 Å². The smallest absolute Gasteiger partial charge is 0.307 e. The molecule has 1 unspecified atom stereocenters. The molecule has 6 nitrogen and oxygen atoms in total. The van der Waals surface area contributed by atoms with Gasteiger partial charge < -0.3 is 10.4 Å². The van der Waals surface area contributed by atoms with Crippen molar-refractivity contribution in [2.75, 3.05) is 0 Å². The molecular weight excluding hydrogens is 294 g/mol. The van der Waals surface area contributed by atoms with Gasteiger partial charge in [-0.05, 0) is 37.5 Å². The lowest BCUT2D eigenvalue weighted by Gasteiger charge is -2.29. The summed E-state index contributed by atoms with van der Waals surface area (Å²) in [7, 11) is 0. The fourth-order valence-electron chi connectivity index (χ4n) is 3.87. The van der Waals surface area contributed by atoms with Gasteiger partial charge in [0.25, 0.3) is 0 Å². The highest BCUT2D eigenvalue weighted by atomic mass is 16.4. The second-order valence-corrected chi connectivity index (χ2v) is 7.19. The molecule has 1 atom stereocenters. The molecule has 0 aromatic rings. The number of carboxylic acids is 1. The van der Waals surface area contributed by atoms with Crippen molar-refractivity contribution in [3.63, 3.8) is 0 Å². The average molecular weight is 317 g/mol. The van der Waals surface area contributed by atoms with Crippen molar-refractivity contribution >= 4 is 11.9 Å². The van der Waals surface area contributed by atoms with Gasteiger partial charge in [-0.1, -0.05) is 0 Å². The first-order valence-corrected chi connectivity index (χ1v) is 8.38. The Morgan fingerprint density at radius 3 is 2.48 bits per heavy atom. The minimum atomic E-state index is -0.665. The number of terminal acetylenes is 1. The van der Waals surface area contributed by atoms with E-state index in [1.54, 1.807) is 0 Å². The van der Waals surface area contributed by atoms with Crippen LogP contribution in [0.5, 0.6) is 0 Å². The van der Waals surface area contributed by atoms with E-state index in [9.17, 15) is 9.59 Å². The summed E-state index contributed by atoms with van der Waals surface area (Å²) < 4.78 is 0. The van der Waals surface area contributed by atoms with Gasteiger partial charge >= 0.3 is 5.97 Å². The normalized spacial score (nSPS) is 33.0. The van der Waals surface area contributed by atoms with Crippen molar-refractivity contribution in [3.05, 3.63) is 0 Å². The van der Waals surface area contributed by atoms with E-state index in [2.05, 4.69) is 21.5 Å². The van der Waals surface area contributed by atoms with Crippen LogP contribution in [0.3, 0.4) is 0 Å². The third-order valence-electron chi connectivity index (χ3n) is 5.64. The lowest BCUT2D eigenvalue weighted by Crippen LogP contribution is -2.38. The molecule has 2 aliphatic carbocycles. The quantitative estimate of drug-likeness (QED) is 0.707. The molecule has 0 radical (unpaired) electrons. The number of nitrogens with one attached hydrogen (secondary N) is 1. The summed E-state index contributed by atoms with van der Waals surface area (Å²) >= 11 is 0. The molecule has 2 N–H and O–H groups in total. The predicted molar refractivity (Wildman–Crippen MR) is 83.5 cm³/mol. The van der Waals surface area contributed by atoms with Crippen LogP contribution in [0.1, 0.15) is 57.8 Å². The third-order valence-corrected chi connectivity index (χ3v) is 5.64. The summed E-state index contributed by atoms with van der Waals surface area (Å²) in [6, 6.07) is 0.179. The number of nitrogens with zero attached hydrogens (tertiary/aromatic N) is 2. The largest absolute Gasteiger partial charge is 0.481 e. The number of hydrogen-bond acceptors (Lipinski definition) is 4. The average Bonchev–Trinajstić information content (AvgIpc) is 3.43. The molecule has 1 amide bonds. The highest BCUT2D eigenvalue weighted by Gasteiger charge is 2.58. The Labute approximate surface area is 136 Å². The Hall–Kier alpha value is -1.90. The van der Waals surface area contributed by atoms with Crippen molar-refractivity contribution in [2.45, 2.75) is 69.5 Å². The van der Waals surface area contributed by atoms with Gasteiger partial charge in [-0.15, -0.1) is 12.3 Å². The molecule has 0 saturated heterocycles. The van der Waals surface area contributed by atoms with Crippen LogP contribution in [-0.4, -0.2) is 28.7 Å². The molecule has 6 heteroatoms. The molecule has 1 aliphatic heterocycles. The standard InChI is InChI=1S/C17H23N3O3/c1-2-3-7-17(19-20-17)10-6-14(21)18-12-4-8-16(9-5-12)11-13(16)15(22)23/h1,12-13H,3-11H2,(H,18,21)(H,22,23). The lowest BCUT2D eigenvalue weighted by molar-refractivity contribution is -0.139. The Bertz CT molecular complexity index is 564. The van der Waals surface area contributed by atoms with Crippen LogP contribution in [0.15, 0.2) is 10.2 Å². The van der Waals surface area contributed by atoms with Gasteiger partial charge in [-0.2, -0.15) is 10.2 Å². The lowest BCUT2D eigenvalue weighted by atomic mass is 9.81. The third kappa shape index (κ3) is 3.54. The van der Waals surface area contributed by atoms with Gasteiger partial charge in [-0.3, -0.25) is 9.59 Å². The molecule has 3 aliphatic rings. The zero-order chi connectivity index (χ0) is 16.5. The minimum Gasteiger partial charge on any atom is -0.481 e.